The predicted molar refractivity (Wildman–Crippen MR) is 104 cm³/mol. The first-order valence-electron chi connectivity index (χ1n) is 9.08. The summed E-state index contributed by atoms with van der Waals surface area (Å²) in [6, 6.07) is 6.95. The summed E-state index contributed by atoms with van der Waals surface area (Å²) < 4.78 is 10.4. The largest absolute Gasteiger partial charge is 0.467 e. The van der Waals surface area contributed by atoms with Crippen LogP contribution in [-0.4, -0.2) is 28.3 Å². The Bertz CT molecular complexity index is 938. The highest BCUT2D eigenvalue weighted by Gasteiger charge is 2.24. The number of carbonyl (C=O) groups excluding carboxylic acids is 2. The first-order chi connectivity index (χ1) is 14.0. The fraction of sp³-hybridized carbons (Fsp3) is 0.300. The Morgan fingerprint density at radius 3 is 2.76 bits per heavy atom. The molecule has 9 heteroatoms. The topological polar surface area (TPSA) is 103 Å². The van der Waals surface area contributed by atoms with Crippen molar-refractivity contribution in [2.45, 2.75) is 32.2 Å². The summed E-state index contributed by atoms with van der Waals surface area (Å²) in [5, 5.41) is 10.9. The van der Waals surface area contributed by atoms with Gasteiger partial charge in [0.1, 0.15) is 5.76 Å². The lowest BCUT2D eigenvalue weighted by Crippen LogP contribution is -2.34. The monoisotopic (exact) mass is 418 g/mol. The van der Waals surface area contributed by atoms with Crippen molar-refractivity contribution in [2.24, 2.45) is 0 Å². The molecule has 29 heavy (non-hydrogen) atoms. The molecule has 0 N–H and O–H groups in total. The van der Waals surface area contributed by atoms with Crippen molar-refractivity contribution in [3.8, 4) is 0 Å². The molecule has 0 aliphatic heterocycles. The zero-order chi connectivity index (χ0) is 20.8. The van der Waals surface area contributed by atoms with Gasteiger partial charge in [-0.3, -0.25) is 14.9 Å². The molecule has 3 rings (SSSR count). The molecule has 1 aromatic carbocycles. The van der Waals surface area contributed by atoms with Crippen LogP contribution in [0.2, 0.25) is 5.02 Å². The SMILES string of the molecule is O=C(OCC(=O)N(Cc1ccco1)C1=CCCCC1)c1cc([N+](=O)[O-])ccc1Cl. The van der Waals surface area contributed by atoms with Crippen molar-refractivity contribution in [2.75, 3.05) is 6.61 Å². The van der Waals surface area contributed by atoms with Crippen LogP contribution in [0.3, 0.4) is 0 Å². The summed E-state index contributed by atoms with van der Waals surface area (Å²) in [6.07, 6.45) is 7.18. The standard InChI is InChI=1S/C20H19ClN2O6/c21-18-9-8-15(23(26)27)11-17(18)20(25)29-13-19(24)22(12-16-7-4-10-28-16)14-5-2-1-3-6-14/h4-5,7-11H,1-3,6,12-13H2. The fourth-order valence-corrected chi connectivity index (χ4v) is 3.24. The number of hydrogen-bond donors (Lipinski definition) is 0. The van der Waals surface area contributed by atoms with E-state index in [9.17, 15) is 19.7 Å². The van der Waals surface area contributed by atoms with E-state index in [-0.39, 0.29) is 22.8 Å². The van der Waals surface area contributed by atoms with Gasteiger partial charge in [-0.05, 0) is 43.9 Å². The predicted octanol–water partition coefficient (Wildman–Crippen LogP) is 4.48. The van der Waals surface area contributed by atoms with E-state index in [1.807, 2.05) is 6.08 Å². The average molecular weight is 419 g/mol. The highest BCUT2D eigenvalue weighted by atomic mass is 35.5. The Morgan fingerprint density at radius 2 is 2.10 bits per heavy atom. The van der Waals surface area contributed by atoms with Gasteiger partial charge in [0, 0.05) is 17.8 Å². The van der Waals surface area contributed by atoms with Crippen molar-refractivity contribution in [3.05, 3.63) is 74.8 Å². The third-order valence-corrected chi connectivity index (χ3v) is 4.85. The van der Waals surface area contributed by atoms with E-state index < -0.39 is 23.4 Å². The van der Waals surface area contributed by atoms with Gasteiger partial charge < -0.3 is 14.1 Å². The Morgan fingerprint density at radius 1 is 1.28 bits per heavy atom. The first kappa shape index (κ1) is 20.6. The molecule has 0 spiro atoms. The zero-order valence-electron chi connectivity index (χ0n) is 15.5. The molecule has 1 aromatic heterocycles. The van der Waals surface area contributed by atoms with Crippen molar-refractivity contribution in [3.63, 3.8) is 0 Å². The molecule has 0 radical (unpaired) electrons. The van der Waals surface area contributed by atoms with Crippen LogP contribution in [0.1, 0.15) is 41.8 Å². The maximum atomic E-state index is 12.8. The number of nitro benzene ring substituents is 1. The van der Waals surface area contributed by atoms with Gasteiger partial charge in [-0.2, -0.15) is 0 Å². The molecule has 1 amide bonds. The summed E-state index contributed by atoms with van der Waals surface area (Å²) in [4.78, 5) is 36.9. The number of rotatable bonds is 7. The molecule has 0 unspecified atom stereocenters. The zero-order valence-corrected chi connectivity index (χ0v) is 16.3. The highest BCUT2D eigenvalue weighted by molar-refractivity contribution is 6.33. The van der Waals surface area contributed by atoms with Gasteiger partial charge in [0.15, 0.2) is 6.61 Å². The first-order valence-corrected chi connectivity index (χ1v) is 9.46. The van der Waals surface area contributed by atoms with Crippen molar-refractivity contribution in [1.82, 2.24) is 4.90 Å². The van der Waals surface area contributed by atoms with E-state index in [1.54, 1.807) is 17.0 Å². The van der Waals surface area contributed by atoms with Gasteiger partial charge in [-0.15, -0.1) is 0 Å². The molecule has 0 saturated carbocycles. The van der Waals surface area contributed by atoms with Crippen LogP contribution in [0.4, 0.5) is 5.69 Å². The number of hydrogen-bond acceptors (Lipinski definition) is 6. The Balaban J connectivity index is 1.71. The Kier molecular flexibility index (Phi) is 6.66. The Labute approximate surface area is 171 Å². The third-order valence-electron chi connectivity index (χ3n) is 4.52. The molecule has 1 heterocycles. The van der Waals surface area contributed by atoms with Crippen LogP contribution in [0.15, 0.2) is 52.8 Å². The van der Waals surface area contributed by atoms with E-state index in [2.05, 4.69) is 0 Å². The normalized spacial score (nSPS) is 13.5. The number of esters is 1. The number of allylic oxidation sites excluding steroid dienone is 2. The summed E-state index contributed by atoms with van der Waals surface area (Å²) in [6.45, 7) is -0.289. The van der Waals surface area contributed by atoms with Crippen molar-refractivity contribution >= 4 is 29.2 Å². The molecule has 1 aliphatic carbocycles. The minimum absolute atomic E-state index is 0.00970. The van der Waals surface area contributed by atoms with E-state index >= 15 is 0 Å². The van der Waals surface area contributed by atoms with E-state index in [1.165, 1.54) is 18.4 Å². The second-order valence-electron chi connectivity index (χ2n) is 6.50. The number of nitrogens with zero attached hydrogens (tertiary/aromatic N) is 2. The maximum absolute atomic E-state index is 12.8. The number of nitro groups is 1. The molecule has 8 nitrogen and oxygen atoms in total. The molecule has 0 fully saturated rings. The van der Waals surface area contributed by atoms with Crippen LogP contribution in [0.25, 0.3) is 0 Å². The van der Waals surface area contributed by atoms with Gasteiger partial charge in [0.25, 0.3) is 11.6 Å². The lowest BCUT2D eigenvalue weighted by atomic mass is 10.0. The van der Waals surface area contributed by atoms with Crippen LogP contribution in [0, 0.1) is 10.1 Å². The molecular formula is C20H19ClN2O6. The van der Waals surface area contributed by atoms with Crippen molar-refractivity contribution < 1.29 is 23.7 Å². The second kappa shape index (κ2) is 9.38. The minimum atomic E-state index is -0.900. The van der Waals surface area contributed by atoms with E-state index in [0.717, 1.165) is 37.4 Å². The lowest BCUT2D eigenvalue weighted by molar-refractivity contribution is -0.384. The average Bonchev–Trinajstić information content (AvgIpc) is 3.24. The lowest BCUT2D eigenvalue weighted by Gasteiger charge is -2.27. The molecular weight excluding hydrogens is 400 g/mol. The van der Waals surface area contributed by atoms with Crippen LogP contribution >= 0.6 is 11.6 Å². The number of non-ortho nitro benzene ring substituents is 1. The molecule has 1 aliphatic rings. The summed E-state index contributed by atoms with van der Waals surface area (Å²) in [5.74, 6) is -0.704. The van der Waals surface area contributed by atoms with Gasteiger partial charge in [-0.1, -0.05) is 17.7 Å². The van der Waals surface area contributed by atoms with Gasteiger partial charge >= 0.3 is 5.97 Å². The minimum Gasteiger partial charge on any atom is -0.467 e. The molecule has 0 saturated heterocycles. The van der Waals surface area contributed by atoms with Crippen LogP contribution in [-0.2, 0) is 16.1 Å². The number of halogens is 1. The van der Waals surface area contributed by atoms with E-state index in [0.29, 0.717) is 5.76 Å². The van der Waals surface area contributed by atoms with Crippen molar-refractivity contribution in [1.29, 1.82) is 0 Å². The second-order valence-corrected chi connectivity index (χ2v) is 6.91. The van der Waals surface area contributed by atoms with Crippen LogP contribution in [0.5, 0.6) is 0 Å². The Hall–Kier alpha value is -3.13. The molecule has 0 bridgehead atoms. The van der Waals surface area contributed by atoms with Gasteiger partial charge in [0.05, 0.1) is 28.3 Å². The number of carbonyl (C=O) groups is 2. The molecule has 0 atom stereocenters. The highest BCUT2D eigenvalue weighted by Crippen LogP contribution is 2.25. The number of ether oxygens (including phenoxy) is 1. The smallest absolute Gasteiger partial charge is 0.340 e. The van der Waals surface area contributed by atoms with Gasteiger partial charge in [-0.25, -0.2) is 4.79 Å². The summed E-state index contributed by atoms with van der Waals surface area (Å²) in [5.41, 5.74) is 0.407. The maximum Gasteiger partial charge on any atom is 0.340 e. The number of amides is 1. The number of furan rings is 1. The summed E-state index contributed by atoms with van der Waals surface area (Å²) >= 11 is 5.95. The molecule has 2 aromatic rings. The summed E-state index contributed by atoms with van der Waals surface area (Å²) in [7, 11) is 0. The quantitative estimate of drug-likeness (QED) is 0.373. The number of benzene rings is 1. The van der Waals surface area contributed by atoms with Crippen LogP contribution < -0.4 is 0 Å². The third kappa shape index (κ3) is 5.23. The van der Waals surface area contributed by atoms with Gasteiger partial charge in [0.2, 0.25) is 0 Å². The fourth-order valence-electron chi connectivity index (χ4n) is 3.04. The van der Waals surface area contributed by atoms with E-state index in [4.69, 9.17) is 20.8 Å². The molecule has 152 valence electrons.